The van der Waals surface area contributed by atoms with Gasteiger partial charge in [0.15, 0.2) is 5.78 Å². The first-order chi connectivity index (χ1) is 15.0. The van der Waals surface area contributed by atoms with Gasteiger partial charge >= 0.3 is 0 Å². The van der Waals surface area contributed by atoms with Crippen molar-refractivity contribution in [3.8, 4) is 6.07 Å². The van der Waals surface area contributed by atoms with Crippen LogP contribution in [-0.2, 0) is 9.59 Å². The number of dihydropyridines is 1. The number of halogens is 2. The molecule has 0 fully saturated rings. The van der Waals surface area contributed by atoms with Crippen molar-refractivity contribution in [1.29, 1.82) is 5.26 Å². The number of benzene rings is 1. The maximum atomic E-state index is 12.7. The Labute approximate surface area is 193 Å². The molecule has 6 nitrogen and oxygen atoms in total. The molecule has 1 atom stereocenters. The standard InChI is InChI=1S/C22H17Cl2N3O3S/c23-12-7-13(24)9-14(8-12)26-19(29)11-31-22-15(10-25)20(18-5-2-6-30-18)21-16(27-22)3-1-4-17(21)28/h2,5-9,20,27H,1,3-4,11H2,(H,26,29). The molecular formula is C22H17Cl2N3O3S. The largest absolute Gasteiger partial charge is 0.468 e. The molecule has 2 heterocycles. The highest BCUT2D eigenvalue weighted by atomic mass is 35.5. The quantitative estimate of drug-likeness (QED) is 0.604. The van der Waals surface area contributed by atoms with E-state index in [1.165, 1.54) is 18.0 Å². The number of Topliss-reactive ketones (excluding diaryl/α,β-unsaturated/α-hetero) is 1. The van der Waals surface area contributed by atoms with Crippen molar-refractivity contribution in [3.63, 3.8) is 0 Å². The molecule has 2 N–H and O–H groups in total. The Balaban J connectivity index is 1.57. The molecule has 1 amide bonds. The van der Waals surface area contributed by atoms with E-state index in [0.29, 0.717) is 50.5 Å². The highest BCUT2D eigenvalue weighted by Gasteiger charge is 2.38. The van der Waals surface area contributed by atoms with Gasteiger partial charge in [-0.3, -0.25) is 9.59 Å². The van der Waals surface area contributed by atoms with E-state index in [-0.39, 0.29) is 17.4 Å². The molecule has 1 aliphatic carbocycles. The van der Waals surface area contributed by atoms with Crippen LogP contribution in [-0.4, -0.2) is 17.4 Å². The van der Waals surface area contributed by atoms with Crippen LogP contribution in [0.4, 0.5) is 5.69 Å². The van der Waals surface area contributed by atoms with Crippen LogP contribution < -0.4 is 10.6 Å². The summed E-state index contributed by atoms with van der Waals surface area (Å²) in [6.07, 6.45) is 3.42. The number of anilines is 1. The van der Waals surface area contributed by atoms with Crippen LogP contribution in [0.3, 0.4) is 0 Å². The van der Waals surface area contributed by atoms with Gasteiger partial charge in [0.2, 0.25) is 5.91 Å². The zero-order valence-corrected chi connectivity index (χ0v) is 18.5. The minimum absolute atomic E-state index is 0.0162. The van der Waals surface area contributed by atoms with E-state index in [2.05, 4.69) is 16.7 Å². The van der Waals surface area contributed by atoms with Crippen LogP contribution in [0.5, 0.6) is 0 Å². The fourth-order valence-corrected chi connectivity index (χ4v) is 5.13. The number of thioether (sulfide) groups is 1. The Morgan fingerprint density at radius 1 is 1.29 bits per heavy atom. The summed E-state index contributed by atoms with van der Waals surface area (Å²) in [6, 6.07) is 10.5. The van der Waals surface area contributed by atoms with E-state index in [4.69, 9.17) is 27.6 Å². The lowest BCUT2D eigenvalue weighted by atomic mass is 9.79. The Kier molecular flexibility index (Phi) is 6.42. The van der Waals surface area contributed by atoms with Crippen molar-refractivity contribution in [1.82, 2.24) is 5.32 Å². The topological polar surface area (TPSA) is 95.1 Å². The molecule has 31 heavy (non-hydrogen) atoms. The fraction of sp³-hybridized carbons (Fsp3) is 0.227. The van der Waals surface area contributed by atoms with E-state index < -0.39 is 5.92 Å². The molecule has 2 aliphatic rings. The molecule has 0 saturated heterocycles. The van der Waals surface area contributed by atoms with Crippen LogP contribution in [0.1, 0.15) is 30.9 Å². The summed E-state index contributed by atoms with van der Waals surface area (Å²) in [6.45, 7) is 0. The molecule has 4 rings (SSSR count). The van der Waals surface area contributed by atoms with Gasteiger partial charge in [-0.1, -0.05) is 35.0 Å². The van der Waals surface area contributed by atoms with Crippen molar-refractivity contribution in [3.05, 3.63) is 74.3 Å². The minimum atomic E-state index is -0.568. The average molecular weight is 474 g/mol. The number of hydrogen-bond acceptors (Lipinski definition) is 6. The molecule has 1 aromatic heterocycles. The smallest absolute Gasteiger partial charge is 0.234 e. The summed E-state index contributed by atoms with van der Waals surface area (Å²) in [5.74, 6) is -0.233. The van der Waals surface area contributed by atoms with Gasteiger partial charge in [-0.2, -0.15) is 5.26 Å². The lowest BCUT2D eigenvalue weighted by Gasteiger charge is -2.32. The summed E-state index contributed by atoms with van der Waals surface area (Å²) in [4.78, 5) is 25.1. The molecular weight excluding hydrogens is 457 g/mol. The predicted octanol–water partition coefficient (Wildman–Crippen LogP) is 5.39. The Hall–Kier alpha value is -2.66. The molecule has 1 aromatic carbocycles. The van der Waals surface area contributed by atoms with E-state index in [0.717, 1.165) is 12.1 Å². The van der Waals surface area contributed by atoms with Crippen molar-refractivity contribution in [2.75, 3.05) is 11.1 Å². The summed E-state index contributed by atoms with van der Waals surface area (Å²) >= 11 is 13.2. The maximum Gasteiger partial charge on any atom is 0.234 e. The van der Waals surface area contributed by atoms with Gasteiger partial charge in [-0.15, -0.1) is 0 Å². The molecule has 0 saturated carbocycles. The third-order valence-electron chi connectivity index (χ3n) is 4.98. The van der Waals surface area contributed by atoms with E-state index >= 15 is 0 Å². The van der Waals surface area contributed by atoms with Crippen molar-refractivity contribution in [2.45, 2.75) is 25.2 Å². The first kappa shape index (κ1) is 21.6. The van der Waals surface area contributed by atoms with Gasteiger partial charge in [-0.05, 0) is 43.2 Å². The number of furan rings is 1. The molecule has 158 valence electrons. The lowest BCUT2D eigenvalue weighted by Crippen LogP contribution is -2.31. The van der Waals surface area contributed by atoms with Crippen molar-refractivity contribution in [2.24, 2.45) is 0 Å². The second kappa shape index (κ2) is 9.23. The Bertz CT molecular complexity index is 1130. The SMILES string of the molecule is N#CC1=C(SCC(=O)Nc2cc(Cl)cc(Cl)c2)NC2=C(C(=O)CCC2)C1c1ccco1. The second-order valence-corrected chi connectivity index (χ2v) is 8.95. The summed E-state index contributed by atoms with van der Waals surface area (Å²) in [5.41, 5.74) is 2.24. The third-order valence-corrected chi connectivity index (χ3v) is 6.44. The first-order valence-corrected chi connectivity index (χ1v) is 11.3. The van der Waals surface area contributed by atoms with Crippen LogP contribution in [0.25, 0.3) is 0 Å². The molecule has 2 aromatic rings. The Morgan fingerprint density at radius 2 is 2.06 bits per heavy atom. The van der Waals surface area contributed by atoms with Gasteiger partial charge in [-0.25, -0.2) is 0 Å². The predicted molar refractivity (Wildman–Crippen MR) is 121 cm³/mol. The van der Waals surface area contributed by atoms with Crippen molar-refractivity contribution < 1.29 is 14.0 Å². The van der Waals surface area contributed by atoms with Crippen LogP contribution in [0.2, 0.25) is 10.0 Å². The number of carbonyl (C=O) groups is 2. The summed E-state index contributed by atoms with van der Waals surface area (Å²) in [7, 11) is 0. The van der Waals surface area contributed by atoms with E-state index in [1.807, 2.05) is 0 Å². The first-order valence-electron chi connectivity index (χ1n) is 9.56. The number of rotatable bonds is 5. The number of nitrogens with zero attached hydrogens (tertiary/aromatic N) is 1. The molecule has 1 unspecified atom stereocenters. The molecule has 0 radical (unpaired) electrons. The third kappa shape index (κ3) is 4.67. The molecule has 9 heteroatoms. The monoisotopic (exact) mass is 473 g/mol. The number of allylic oxidation sites excluding steroid dienone is 3. The number of nitriles is 1. The highest BCUT2D eigenvalue weighted by Crippen LogP contribution is 2.44. The van der Waals surface area contributed by atoms with Gasteiger partial charge < -0.3 is 15.1 Å². The van der Waals surface area contributed by atoms with Gasteiger partial charge in [0, 0.05) is 33.4 Å². The lowest BCUT2D eigenvalue weighted by molar-refractivity contribution is -0.116. The van der Waals surface area contributed by atoms with Gasteiger partial charge in [0.1, 0.15) is 5.76 Å². The molecule has 1 aliphatic heterocycles. The van der Waals surface area contributed by atoms with Crippen LogP contribution in [0.15, 0.2) is 62.9 Å². The molecule has 0 bridgehead atoms. The summed E-state index contributed by atoms with van der Waals surface area (Å²) in [5, 5.41) is 17.3. The molecule has 0 spiro atoms. The van der Waals surface area contributed by atoms with E-state index in [1.54, 1.807) is 30.3 Å². The van der Waals surface area contributed by atoms with Crippen molar-refractivity contribution >= 4 is 52.3 Å². The zero-order valence-electron chi connectivity index (χ0n) is 16.2. The van der Waals surface area contributed by atoms with E-state index in [9.17, 15) is 14.9 Å². The number of carbonyl (C=O) groups excluding carboxylic acids is 2. The number of ketones is 1. The number of amides is 1. The second-order valence-electron chi connectivity index (χ2n) is 7.09. The van der Waals surface area contributed by atoms with Crippen LogP contribution >= 0.6 is 35.0 Å². The zero-order chi connectivity index (χ0) is 22.0. The maximum absolute atomic E-state index is 12.7. The normalized spacial score (nSPS) is 18.4. The van der Waals surface area contributed by atoms with Crippen LogP contribution in [0, 0.1) is 11.3 Å². The summed E-state index contributed by atoms with van der Waals surface area (Å²) < 4.78 is 5.56. The number of nitrogens with one attached hydrogen (secondary N) is 2. The Morgan fingerprint density at radius 3 is 2.74 bits per heavy atom. The fourth-order valence-electron chi connectivity index (χ4n) is 3.74. The average Bonchev–Trinajstić information content (AvgIpc) is 3.25. The highest BCUT2D eigenvalue weighted by molar-refractivity contribution is 8.03. The minimum Gasteiger partial charge on any atom is -0.468 e. The van der Waals surface area contributed by atoms with Gasteiger partial charge in [0.05, 0.1) is 34.6 Å². The van der Waals surface area contributed by atoms with Gasteiger partial charge in [0.25, 0.3) is 0 Å². The number of hydrogen-bond donors (Lipinski definition) is 2.